The van der Waals surface area contributed by atoms with Crippen molar-refractivity contribution in [1.82, 2.24) is 4.98 Å². The minimum absolute atomic E-state index is 0.0735. The largest absolute Gasteiger partial charge is 0.459 e. The van der Waals surface area contributed by atoms with Crippen molar-refractivity contribution in [3.05, 3.63) is 34.8 Å². The Morgan fingerprint density at radius 2 is 1.81 bits per heavy atom. The van der Waals surface area contributed by atoms with Gasteiger partial charge in [-0.25, -0.2) is 9.78 Å². The number of carbonyl (C=O) groups is 3. The summed E-state index contributed by atoms with van der Waals surface area (Å²) in [7, 11) is 0. The number of hydrogen-bond donors (Lipinski definition) is 1. The zero-order chi connectivity index (χ0) is 22.8. The van der Waals surface area contributed by atoms with Gasteiger partial charge in [0.25, 0.3) is 0 Å². The smallest absolute Gasteiger partial charge is 0.350 e. The molecule has 2 amide bonds. The van der Waals surface area contributed by atoms with Gasteiger partial charge in [0.2, 0.25) is 11.8 Å². The number of nitrogens with zero attached hydrogens (tertiary/aromatic N) is 3. The number of benzene rings is 1. The summed E-state index contributed by atoms with van der Waals surface area (Å²) in [5, 5.41) is 3.10. The molecule has 2 fully saturated rings. The van der Waals surface area contributed by atoms with Gasteiger partial charge in [-0.2, -0.15) is 0 Å². The van der Waals surface area contributed by atoms with Crippen LogP contribution in [0.25, 0.3) is 0 Å². The van der Waals surface area contributed by atoms with Crippen molar-refractivity contribution in [2.45, 2.75) is 46.1 Å². The summed E-state index contributed by atoms with van der Waals surface area (Å²) < 4.78 is 5.22. The zero-order valence-electron chi connectivity index (χ0n) is 18.6. The number of thiazole rings is 1. The van der Waals surface area contributed by atoms with E-state index in [1.165, 1.54) is 12.8 Å². The second kappa shape index (κ2) is 9.28. The maximum Gasteiger partial charge on any atom is 0.350 e. The number of hydrogen-bond acceptors (Lipinski definition) is 7. The Kier molecular flexibility index (Phi) is 6.45. The predicted molar refractivity (Wildman–Crippen MR) is 124 cm³/mol. The molecule has 0 saturated carbocycles. The van der Waals surface area contributed by atoms with Crippen LogP contribution in [0.5, 0.6) is 0 Å². The van der Waals surface area contributed by atoms with E-state index in [-0.39, 0.29) is 24.3 Å². The summed E-state index contributed by atoms with van der Waals surface area (Å²) in [6.07, 6.45) is 2.33. The SMILES string of the molecule is Cc1nc(NC(=O)C2CC(=O)N(c3ccc(N4CCCC4)cc3)C2)sc1C(=O)OC(C)C. The molecule has 0 bridgehead atoms. The molecular formula is C23H28N4O4S. The van der Waals surface area contributed by atoms with E-state index in [1.807, 2.05) is 24.3 Å². The fourth-order valence-corrected chi connectivity index (χ4v) is 4.92. The van der Waals surface area contributed by atoms with Crippen LogP contribution in [0, 0.1) is 12.8 Å². The van der Waals surface area contributed by atoms with Crippen LogP contribution in [0.2, 0.25) is 0 Å². The second-order valence-electron chi connectivity index (χ2n) is 8.49. The molecule has 0 spiro atoms. The highest BCUT2D eigenvalue weighted by atomic mass is 32.1. The average molecular weight is 457 g/mol. The fourth-order valence-electron chi connectivity index (χ4n) is 4.07. The summed E-state index contributed by atoms with van der Waals surface area (Å²) in [4.78, 5) is 46.2. The molecule has 2 aliphatic rings. The highest BCUT2D eigenvalue weighted by molar-refractivity contribution is 7.17. The Morgan fingerprint density at radius 1 is 1.16 bits per heavy atom. The van der Waals surface area contributed by atoms with Crippen LogP contribution in [0.3, 0.4) is 0 Å². The van der Waals surface area contributed by atoms with Gasteiger partial charge in [-0.05, 0) is 57.9 Å². The first-order chi connectivity index (χ1) is 15.3. The van der Waals surface area contributed by atoms with Crippen molar-refractivity contribution in [2.24, 2.45) is 5.92 Å². The van der Waals surface area contributed by atoms with Crippen LogP contribution in [0.4, 0.5) is 16.5 Å². The monoisotopic (exact) mass is 456 g/mol. The first-order valence-electron chi connectivity index (χ1n) is 11.0. The molecule has 1 aromatic carbocycles. The van der Waals surface area contributed by atoms with Gasteiger partial charge in [0.05, 0.1) is 17.7 Å². The standard InChI is InChI=1S/C23H28N4O4S/c1-14(2)31-22(30)20-15(3)24-23(32-20)25-21(29)16-12-19(28)27(13-16)18-8-6-17(7-9-18)26-10-4-5-11-26/h6-9,14,16H,4-5,10-13H2,1-3H3,(H,24,25,29). The summed E-state index contributed by atoms with van der Waals surface area (Å²) >= 11 is 1.09. The van der Waals surface area contributed by atoms with Gasteiger partial charge >= 0.3 is 5.97 Å². The third-order valence-corrected chi connectivity index (χ3v) is 6.74. The molecule has 2 saturated heterocycles. The van der Waals surface area contributed by atoms with Crippen LogP contribution >= 0.6 is 11.3 Å². The number of aryl methyl sites for hydroxylation is 1. The lowest BCUT2D eigenvalue weighted by Crippen LogP contribution is -2.28. The molecule has 1 aromatic heterocycles. The molecule has 0 radical (unpaired) electrons. The summed E-state index contributed by atoms with van der Waals surface area (Å²) in [6, 6.07) is 7.97. The van der Waals surface area contributed by atoms with Gasteiger partial charge in [0.15, 0.2) is 5.13 Å². The normalized spacial score (nSPS) is 18.5. The molecule has 1 unspecified atom stereocenters. The van der Waals surface area contributed by atoms with Crippen molar-refractivity contribution < 1.29 is 19.1 Å². The number of anilines is 3. The summed E-state index contributed by atoms with van der Waals surface area (Å²) in [6.45, 7) is 7.71. The maximum atomic E-state index is 12.8. The summed E-state index contributed by atoms with van der Waals surface area (Å²) in [5.41, 5.74) is 2.48. The van der Waals surface area contributed by atoms with Crippen molar-refractivity contribution in [1.29, 1.82) is 0 Å². The molecule has 3 heterocycles. The predicted octanol–water partition coefficient (Wildman–Crippen LogP) is 3.61. The van der Waals surface area contributed by atoms with Gasteiger partial charge in [0, 0.05) is 37.4 Å². The minimum Gasteiger partial charge on any atom is -0.459 e. The number of aromatic nitrogens is 1. The Bertz CT molecular complexity index is 1010. The lowest BCUT2D eigenvalue weighted by molar-refractivity contribution is -0.122. The van der Waals surface area contributed by atoms with E-state index < -0.39 is 11.9 Å². The highest BCUT2D eigenvalue weighted by Gasteiger charge is 2.35. The quantitative estimate of drug-likeness (QED) is 0.668. The number of rotatable bonds is 6. The van der Waals surface area contributed by atoms with Crippen molar-refractivity contribution in [3.8, 4) is 0 Å². The molecule has 4 rings (SSSR count). The molecule has 0 aliphatic carbocycles. The van der Waals surface area contributed by atoms with Crippen LogP contribution in [-0.2, 0) is 14.3 Å². The summed E-state index contributed by atoms with van der Waals surface area (Å²) in [5.74, 6) is -1.27. The van der Waals surface area contributed by atoms with Crippen LogP contribution in [0.15, 0.2) is 24.3 Å². The van der Waals surface area contributed by atoms with E-state index in [1.54, 1.807) is 25.7 Å². The fraction of sp³-hybridized carbons (Fsp3) is 0.478. The average Bonchev–Trinajstić information content (AvgIpc) is 3.48. The Labute approximate surface area is 191 Å². The molecule has 1 atom stereocenters. The van der Waals surface area contributed by atoms with Crippen molar-refractivity contribution in [2.75, 3.05) is 34.8 Å². The third-order valence-electron chi connectivity index (χ3n) is 5.68. The lowest BCUT2D eigenvalue weighted by atomic mass is 10.1. The van der Waals surface area contributed by atoms with E-state index in [9.17, 15) is 14.4 Å². The number of amides is 2. The molecule has 2 aromatic rings. The highest BCUT2D eigenvalue weighted by Crippen LogP contribution is 2.30. The van der Waals surface area contributed by atoms with Crippen LogP contribution in [-0.4, -0.2) is 48.5 Å². The molecule has 2 aliphatic heterocycles. The lowest BCUT2D eigenvalue weighted by Gasteiger charge is -2.20. The van der Waals surface area contributed by atoms with Gasteiger partial charge in [-0.15, -0.1) is 0 Å². The maximum absolute atomic E-state index is 12.8. The number of esters is 1. The second-order valence-corrected chi connectivity index (χ2v) is 9.49. The number of ether oxygens (including phenoxy) is 1. The number of carbonyl (C=O) groups excluding carboxylic acids is 3. The zero-order valence-corrected chi connectivity index (χ0v) is 19.4. The molecule has 9 heteroatoms. The van der Waals surface area contributed by atoms with Gasteiger partial charge in [0.1, 0.15) is 4.88 Å². The van der Waals surface area contributed by atoms with Gasteiger partial charge in [-0.3, -0.25) is 9.59 Å². The first kappa shape index (κ1) is 22.3. The molecule has 32 heavy (non-hydrogen) atoms. The van der Waals surface area contributed by atoms with E-state index in [2.05, 4.69) is 15.2 Å². The third kappa shape index (κ3) is 4.77. The van der Waals surface area contributed by atoms with E-state index in [0.29, 0.717) is 22.2 Å². The molecule has 1 N–H and O–H groups in total. The number of nitrogens with one attached hydrogen (secondary N) is 1. The minimum atomic E-state index is -0.476. The van der Waals surface area contributed by atoms with Gasteiger partial charge < -0.3 is 19.9 Å². The topological polar surface area (TPSA) is 91.8 Å². The Hall–Kier alpha value is -2.94. The van der Waals surface area contributed by atoms with Crippen molar-refractivity contribution >= 4 is 45.6 Å². The Morgan fingerprint density at radius 3 is 2.47 bits per heavy atom. The van der Waals surface area contributed by atoms with Gasteiger partial charge in [-0.1, -0.05) is 11.3 Å². The van der Waals surface area contributed by atoms with Crippen molar-refractivity contribution in [3.63, 3.8) is 0 Å². The van der Waals surface area contributed by atoms with E-state index in [4.69, 9.17) is 4.74 Å². The Balaban J connectivity index is 1.38. The molecule has 170 valence electrons. The first-order valence-corrected chi connectivity index (χ1v) is 11.8. The van der Waals surface area contributed by atoms with Crippen LogP contribution in [0.1, 0.15) is 48.5 Å². The van der Waals surface area contributed by atoms with E-state index >= 15 is 0 Å². The molecular weight excluding hydrogens is 428 g/mol. The van der Waals surface area contributed by atoms with E-state index in [0.717, 1.165) is 35.8 Å². The molecule has 8 nitrogen and oxygen atoms in total. The van der Waals surface area contributed by atoms with Crippen LogP contribution < -0.4 is 15.1 Å².